The number of nitriles is 1. The van der Waals surface area contributed by atoms with Gasteiger partial charge in [0, 0.05) is 16.1 Å². The van der Waals surface area contributed by atoms with Gasteiger partial charge in [0.05, 0.1) is 22.0 Å². The molecule has 5 heteroatoms. The lowest BCUT2D eigenvalue weighted by atomic mass is 10.1. The van der Waals surface area contributed by atoms with E-state index >= 15 is 0 Å². The molecule has 0 aliphatic carbocycles. The fourth-order valence-corrected chi connectivity index (χ4v) is 2.82. The van der Waals surface area contributed by atoms with Crippen molar-refractivity contribution in [2.75, 3.05) is 5.32 Å². The molecule has 0 amide bonds. The summed E-state index contributed by atoms with van der Waals surface area (Å²) in [6, 6.07) is 8.63. The van der Waals surface area contributed by atoms with E-state index in [0.29, 0.717) is 16.8 Å². The van der Waals surface area contributed by atoms with Crippen LogP contribution in [0.5, 0.6) is 0 Å². The minimum atomic E-state index is -0.377. The first kappa shape index (κ1) is 13.9. The van der Waals surface area contributed by atoms with Gasteiger partial charge in [-0.3, -0.25) is 0 Å². The predicted octanol–water partition coefficient (Wildman–Crippen LogP) is 4.89. The number of benzene rings is 1. The maximum absolute atomic E-state index is 13.7. The van der Waals surface area contributed by atoms with E-state index < -0.39 is 0 Å². The van der Waals surface area contributed by atoms with Crippen LogP contribution in [0.3, 0.4) is 0 Å². The summed E-state index contributed by atoms with van der Waals surface area (Å²) >= 11 is 7.38. The van der Waals surface area contributed by atoms with Crippen LogP contribution < -0.4 is 5.32 Å². The second-order valence-corrected chi connectivity index (χ2v) is 6.00. The number of hydrogen-bond donors (Lipinski definition) is 1. The zero-order valence-electron chi connectivity index (χ0n) is 10.5. The predicted molar refractivity (Wildman–Crippen MR) is 77.2 cm³/mol. The topological polar surface area (TPSA) is 35.8 Å². The molecule has 1 unspecified atom stereocenters. The Labute approximate surface area is 120 Å². The number of halogens is 2. The number of nitrogens with one attached hydrogen (secondary N) is 1. The van der Waals surface area contributed by atoms with E-state index in [1.807, 2.05) is 25.1 Å². The van der Waals surface area contributed by atoms with Crippen molar-refractivity contribution in [2.24, 2.45) is 0 Å². The molecule has 1 aromatic carbocycles. The van der Waals surface area contributed by atoms with Crippen molar-refractivity contribution < 1.29 is 4.39 Å². The van der Waals surface area contributed by atoms with Gasteiger partial charge in [0.25, 0.3) is 0 Å². The quantitative estimate of drug-likeness (QED) is 0.874. The van der Waals surface area contributed by atoms with Gasteiger partial charge in [0.2, 0.25) is 0 Å². The lowest BCUT2D eigenvalue weighted by Gasteiger charge is -2.16. The van der Waals surface area contributed by atoms with Crippen LogP contribution in [0.4, 0.5) is 10.1 Å². The molecule has 2 nitrogen and oxygen atoms in total. The molecule has 0 spiro atoms. The van der Waals surface area contributed by atoms with Crippen LogP contribution in [0.15, 0.2) is 24.3 Å². The van der Waals surface area contributed by atoms with Gasteiger partial charge in [-0.2, -0.15) is 5.26 Å². The Kier molecular flexibility index (Phi) is 4.08. The molecule has 1 aromatic heterocycles. The van der Waals surface area contributed by atoms with E-state index in [-0.39, 0.29) is 11.9 Å². The molecule has 0 fully saturated rings. The molecule has 1 atom stereocenters. The standard InChI is InChI=1S/C14H12ClFN2S/c1-8-11(16)5-10(7-17)6-12(8)18-9(2)13-3-4-14(15)19-13/h3-6,9,18H,1-2H3. The van der Waals surface area contributed by atoms with Gasteiger partial charge < -0.3 is 5.32 Å². The summed E-state index contributed by atoms with van der Waals surface area (Å²) in [5.41, 5.74) is 1.45. The lowest BCUT2D eigenvalue weighted by molar-refractivity contribution is 0.618. The maximum atomic E-state index is 13.7. The van der Waals surface area contributed by atoms with Crippen LogP contribution in [0.1, 0.15) is 29.0 Å². The first-order valence-corrected chi connectivity index (χ1v) is 6.92. The molecule has 98 valence electrons. The number of anilines is 1. The van der Waals surface area contributed by atoms with E-state index in [4.69, 9.17) is 16.9 Å². The number of nitrogens with zero attached hydrogens (tertiary/aromatic N) is 1. The van der Waals surface area contributed by atoms with Crippen molar-refractivity contribution in [3.05, 3.63) is 50.4 Å². The fourth-order valence-electron chi connectivity index (χ4n) is 1.76. The fraction of sp³-hybridized carbons (Fsp3) is 0.214. The van der Waals surface area contributed by atoms with Crippen LogP contribution in [-0.4, -0.2) is 0 Å². The summed E-state index contributed by atoms with van der Waals surface area (Å²) in [4.78, 5) is 1.06. The van der Waals surface area contributed by atoms with Crippen molar-refractivity contribution >= 4 is 28.6 Å². The molecule has 0 radical (unpaired) electrons. The highest BCUT2D eigenvalue weighted by Crippen LogP contribution is 2.30. The van der Waals surface area contributed by atoms with Gasteiger partial charge in [0.1, 0.15) is 5.82 Å². The number of thiophene rings is 1. The van der Waals surface area contributed by atoms with Gasteiger partial charge in [0.15, 0.2) is 0 Å². The van der Waals surface area contributed by atoms with E-state index in [9.17, 15) is 4.39 Å². The van der Waals surface area contributed by atoms with Crippen molar-refractivity contribution in [2.45, 2.75) is 19.9 Å². The van der Waals surface area contributed by atoms with Crippen LogP contribution in [-0.2, 0) is 0 Å². The zero-order chi connectivity index (χ0) is 14.0. The smallest absolute Gasteiger partial charge is 0.129 e. The molecule has 0 aliphatic rings. The lowest BCUT2D eigenvalue weighted by Crippen LogP contribution is -2.07. The molecule has 19 heavy (non-hydrogen) atoms. The van der Waals surface area contributed by atoms with E-state index in [0.717, 1.165) is 9.21 Å². The molecule has 0 bridgehead atoms. The van der Waals surface area contributed by atoms with Gasteiger partial charge >= 0.3 is 0 Å². The van der Waals surface area contributed by atoms with Crippen molar-refractivity contribution in [1.29, 1.82) is 5.26 Å². The molecular formula is C14H12ClFN2S. The summed E-state index contributed by atoms with van der Waals surface area (Å²) in [7, 11) is 0. The maximum Gasteiger partial charge on any atom is 0.129 e. The highest BCUT2D eigenvalue weighted by Gasteiger charge is 2.12. The Morgan fingerprint density at radius 2 is 2.16 bits per heavy atom. The van der Waals surface area contributed by atoms with E-state index in [1.54, 1.807) is 13.0 Å². The average molecular weight is 295 g/mol. The Hall–Kier alpha value is -1.57. The second kappa shape index (κ2) is 5.60. The van der Waals surface area contributed by atoms with E-state index in [2.05, 4.69) is 5.32 Å². The molecule has 0 aliphatic heterocycles. The van der Waals surface area contributed by atoms with E-state index in [1.165, 1.54) is 17.4 Å². The van der Waals surface area contributed by atoms with Crippen LogP contribution in [0.2, 0.25) is 4.34 Å². The molecule has 1 heterocycles. The molecule has 0 saturated carbocycles. The van der Waals surface area contributed by atoms with Crippen LogP contribution in [0.25, 0.3) is 0 Å². The van der Waals surface area contributed by atoms with Gasteiger partial charge in [-0.1, -0.05) is 11.6 Å². The first-order valence-electron chi connectivity index (χ1n) is 5.73. The summed E-state index contributed by atoms with van der Waals surface area (Å²) in [5.74, 6) is -0.377. The summed E-state index contributed by atoms with van der Waals surface area (Å²) in [5, 5.41) is 12.1. The Balaban J connectivity index is 2.28. The summed E-state index contributed by atoms with van der Waals surface area (Å²) in [6.45, 7) is 3.66. The van der Waals surface area contributed by atoms with Gasteiger partial charge in [-0.15, -0.1) is 11.3 Å². The van der Waals surface area contributed by atoms with Gasteiger partial charge in [-0.05, 0) is 38.1 Å². The third-order valence-electron chi connectivity index (χ3n) is 2.87. The zero-order valence-corrected chi connectivity index (χ0v) is 12.1. The van der Waals surface area contributed by atoms with Crippen molar-refractivity contribution in [3.8, 4) is 6.07 Å². The Bertz CT molecular complexity index is 645. The largest absolute Gasteiger partial charge is 0.377 e. The molecule has 0 saturated heterocycles. The number of rotatable bonds is 3. The van der Waals surface area contributed by atoms with Crippen molar-refractivity contribution in [1.82, 2.24) is 0 Å². The van der Waals surface area contributed by atoms with Gasteiger partial charge in [-0.25, -0.2) is 4.39 Å². The Morgan fingerprint density at radius 1 is 1.42 bits per heavy atom. The number of hydrogen-bond acceptors (Lipinski definition) is 3. The van der Waals surface area contributed by atoms with Crippen LogP contribution >= 0.6 is 22.9 Å². The third kappa shape index (κ3) is 3.06. The third-order valence-corrected chi connectivity index (χ3v) is 4.28. The minimum absolute atomic E-state index is 0.00421. The SMILES string of the molecule is Cc1c(F)cc(C#N)cc1NC(C)c1ccc(Cl)s1. The summed E-state index contributed by atoms with van der Waals surface area (Å²) < 4.78 is 14.4. The molecule has 2 rings (SSSR count). The molecule has 1 N–H and O–H groups in total. The first-order chi connectivity index (χ1) is 9.01. The second-order valence-electron chi connectivity index (χ2n) is 4.25. The van der Waals surface area contributed by atoms with Crippen molar-refractivity contribution in [3.63, 3.8) is 0 Å². The molecular weight excluding hydrogens is 283 g/mol. The summed E-state index contributed by atoms with van der Waals surface area (Å²) in [6.07, 6.45) is 0. The Morgan fingerprint density at radius 3 is 2.74 bits per heavy atom. The highest BCUT2D eigenvalue weighted by molar-refractivity contribution is 7.16. The van der Waals surface area contributed by atoms with Crippen LogP contribution in [0, 0.1) is 24.1 Å². The minimum Gasteiger partial charge on any atom is -0.377 e. The normalized spacial score (nSPS) is 11.9. The highest BCUT2D eigenvalue weighted by atomic mass is 35.5. The average Bonchev–Trinajstić information content (AvgIpc) is 2.81. The monoisotopic (exact) mass is 294 g/mol. The molecule has 2 aromatic rings.